The summed E-state index contributed by atoms with van der Waals surface area (Å²) in [7, 11) is 1.60. The molecule has 3 aromatic rings. The number of aryl methyl sites for hydroxylation is 1. The molecule has 0 aromatic heterocycles. The molecule has 0 aliphatic heterocycles. The second kappa shape index (κ2) is 9.07. The first-order chi connectivity index (χ1) is 15.3. The molecule has 3 aromatic carbocycles. The number of benzene rings is 3. The number of hydrogen-bond donors (Lipinski definition) is 0. The second-order valence-electron chi connectivity index (χ2n) is 8.95. The summed E-state index contributed by atoms with van der Waals surface area (Å²) < 4.78 is 32.4. The van der Waals surface area contributed by atoms with E-state index in [9.17, 15) is 0 Å². The average molecular weight is 433 g/mol. The average Bonchev–Trinajstić information content (AvgIpc) is 2.77. The highest BCUT2D eigenvalue weighted by molar-refractivity contribution is 5.86. The van der Waals surface area contributed by atoms with Crippen LogP contribution in [0, 0.1) is 5.82 Å². The van der Waals surface area contributed by atoms with Gasteiger partial charge in [0.15, 0.2) is 11.6 Å². The third-order valence-electron chi connectivity index (χ3n) is 5.33. The molecule has 0 bridgehead atoms. The summed E-state index contributed by atoms with van der Waals surface area (Å²) in [5.74, 6) is 1.21. The maximum atomic E-state index is 15.0. The zero-order valence-corrected chi connectivity index (χ0v) is 19.1. The molecule has 0 saturated heterocycles. The monoisotopic (exact) mass is 432 g/mol. The summed E-state index contributed by atoms with van der Waals surface area (Å²) in [4.78, 5) is 0. The van der Waals surface area contributed by atoms with Gasteiger partial charge < -0.3 is 14.2 Å². The highest BCUT2D eigenvalue weighted by atomic mass is 19.1. The second-order valence-corrected chi connectivity index (χ2v) is 8.95. The predicted octanol–water partition coefficient (Wildman–Crippen LogP) is 6.97. The molecule has 0 radical (unpaired) electrons. The normalized spacial score (nSPS) is 13.2. The van der Waals surface area contributed by atoms with Crippen LogP contribution in [0.25, 0.3) is 5.57 Å². The number of allylic oxidation sites excluding steroid dienone is 1. The van der Waals surface area contributed by atoms with Crippen LogP contribution in [0.1, 0.15) is 49.4 Å². The van der Waals surface area contributed by atoms with E-state index in [1.54, 1.807) is 13.2 Å². The van der Waals surface area contributed by atoms with Gasteiger partial charge in [-0.1, -0.05) is 42.5 Å². The van der Waals surface area contributed by atoms with Crippen molar-refractivity contribution in [2.24, 2.45) is 0 Å². The van der Waals surface area contributed by atoms with Crippen LogP contribution in [0.2, 0.25) is 0 Å². The third kappa shape index (κ3) is 4.96. The maximum Gasteiger partial charge on any atom is 0.165 e. The van der Waals surface area contributed by atoms with Crippen molar-refractivity contribution in [2.45, 2.75) is 45.8 Å². The molecular weight excluding hydrogens is 403 g/mol. The summed E-state index contributed by atoms with van der Waals surface area (Å²) in [5, 5.41) is 0. The number of fused-ring (bicyclic) bond motifs is 1. The van der Waals surface area contributed by atoms with Crippen molar-refractivity contribution in [3.05, 3.63) is 94.8 Å². The largest absolute Gasteiger partial charge is 0.496 e. The van der Waals surface area contributed by atoms with Crippen molar-refractivity contribution < 1.29 is 18.6 Å². The molecule has 1 aliphatic rings. The predicted molar refractivity (Wildman–Crippen MR) is 126 cm³/mol. The van der Waals surface area contributed by atoms with Gasteiger partial charge in [0.1, 0.15) is 23.7 Å². The first kappa shape index (κ1) is 21.9. The summed E-state index contributed by atoms with van der Waals surface area (Å²) in [6.07, 6.45) is 3.94. The summed E-state index contributed by atoms with van der Waals surface area (Å²) >= 11 is 0. The van der Waals surface area contributed by atoms with Crippen LogP contribution in [-0.4, -0.2) is 12.7 Å². The summed E-state index contributed by atoms with van der Waals surface area (Å²) in [6, 6.07) is 19.0. The molecule has 0 unspecified atom stereocenters. The quantitative estimate of drug-likeness (QED) is 0.421. The lowest BCUT2D eigenvalue weighted by molar-refractivity contribution is 0.131. The van der Waals surface area contributed by atoms with Crippen LogP contribution in [0.5, 0.6) is 17.2 Å². The van der Waals surface area contributed by atoms with Crippen LogP contribution in [0.3, 0.4) is 0 Å². The molecule has 166 valence electrons. The van der Waals surface area contributed by atoms with Crippen LogP contribution < -0.4 is 14.2 Å². The molecule has 0 N–H and O–H groups in total. The fourth-order valence-electron chi connectivity index (χ4n) is 3.95. The van der Waals surface area contributed by atoms with E-state index in [4.69, 9.17) is 14.2 Å². The number of methoxy groups -OCH3 is 1. The zero-order valence-electron chi connectivity index (χ0n) is 19.1. The fraction of sp³-hybridized carbons (Fsp3) is 0.286. The Balaban J connectivity index is 1.64. The van der Waals surface area contributed by atoms with Crippen molar-refractivity contribution in [2.75, 3.05) is 7.11 Å². The molecular formula is C28H29FO3. The molecule has 0 heterocycles. The Hall–Kier alpha value is -3.27. The Morgan fingerprint density at radius 1 is 0.906 bits per heavy atom. The van der Waals surface area contributed by atoms with E-state index in [0.29, 0.717) is 12.4 Å². The molecule has 1 aliphatic carbocycles. The highest BCUT2D eigenvalue weighted by Gasteiger charge is 2.21. The van der Waals surface area contributed by atoms with Crippen molar-refractivity contribution in [3.63, 3.8) is 0 Å². The van der Waals surface area contributed by atoms with E-state index in [1.807, 2.05) is 57.2 Å². The van der Waals surface area contributed by atoms with E-state index >= 15 is 4.39 Å². The Kier molecular flexibility index (Phi) is 6.22. The molecule has 0 amide bonds. The minimum atomic E-state index is -0.405. The van der Waals surface area contributed by atoms with Gasteiger partial charge in [-0.3, -0.25) is 0 Å². The molecule has 0 saturated carbocycles. The topological polar surface area (TPSA) is 27.7 Å². The Morgan fingerprint density at radius 2 is 1.69 bits per heavy atom. The fourth-order valence-corrected chi connectivity index (χ4v) is 3.95. The first-order valence-corrected chi connectivity index (χ1v) is 10.9. The third-order valence-corrected chi connectivity index (χ3v) is 5.33. The van der Waals surface area contributed by atoms with E-state index in [0.717, 1.165) is 40.9 Å². The van der Waals surface area contributed by atoms with Gasteiger partial charge in [-0.25, -0.2) is 4.39 Å². The van der Waals surface area contributed by atoms with Gasteiger partial charge in [0.25, 0.3) is 0 Å². The maximum absolute atomic E-state index is 15.0. The van der Waals surface area contributed by atoms with Gasteiger partial charge in [-0.2, -0.15) is 0 Å². The smallest absolute Gasteiger partial charge is 0.165 e. The van der Waals surface area contributed by atoms with Crippen molar-refractivity contribution >= 4 is 5.57 Å². The zero-order chi connectivity index (χ0) is 22.7. The van der Waals surface area contributed by atoms with Crippen molar-refractivity contribution in [1.82, 2.24) is 0 Å². The molecule has 32 heavy (non-hydrogen) atoms. The lowest BCUT2D eigenvalue weighted by atomic mass is 9.86. The van der Waals surface area contributed by atoms with Crippen LogP contribution in [0.4, 0.5) is 4.39 Å². The summed E-state index contributed by atoms with van der Waals surface area (Å²) in [5.41, 5.74) is 4.68. The molecule has 4 rings (SSSR count). The van der Waals surface area contributed by atoms with Crippen LogP contribution in [0.15, 0.2) is 66.7 Å². The van der Waals surface area contributed by atoms with Gasteiger partial charge in [0, 0.05) is 11.6 Å². The van der Waals surface area contributed by atoms with E-state index in [-0.39, 0.29) is 11.4 Å². The lowest BCUT2D eigenvalue weighted by Gasteiger charge is -2.24. The number of rotatable bonds is 6. The van der Waals surface area contributed by atoms with E-state index in [2.05, 4.69) is 18.2 Å². The molecule has 3 nitrogen and oxygen atoms in total. The molecule has 0 atom stereocenters. The van der Waals surface area contributed by atoms with Gasteiger partial charge in [0.2, 0.25) is 0 Å². The molecule has 0 fully saturated rings. The number of ether oxygens (including phenoxy) is 3. The van der Waals surface area contributed by atoms with Gasteiger partial charge >= 0.3 is 0 Å². The SMILES string of the molecule is COc1cc(OCc2ccccc2)c(F)cc1C1=CCCc2cc(OC(C)(C)C)ccc21. The molecule has 0 spiro atoms. The first-order valence-electron chi connectivity index (χ1n) is 10.9. The minimum Gasteiger partial charge on any atom is -0.496 e. The number of halogens is 1. The highest BCUT2D eigenvalue weighted by Crippen LogP contribution is 2.40. The number of hydrogen-bond acceptors (Lipinski definition) is 3. The minimum absolute atomic E-state index is 0.181. The van der Waals surface area contributed by atoms with Crippen LogP contribution >= 0.6 is 0 Å². The Labute approximate surface area is 189 Å². The molecule has 4 heteroatoms. The van der Waals surface area contributed by atoms with Gasteiger partial charge in [-0.05, 0) is 74.1 Å². The Bertz CT molecular complexity index is 1130. The Morgan fingerprint density at radius 3 is 2.41 bits per heavy atom. The van der Waals surface area contributed by atoms with Crippen LogP contribution in [-0.2, 0) is 13.0 Å². The van der Waals surface area contributed by atoms with Gasteiger partial charge in [0.05, 0.1) is 7.11 Å². The van der Waals surface area contributed by atoms with E-state index < -0.39 is 5.82 Å². The van der Waals surface area contributed by atoms with Crippen molar-refractivity contribution in [1.29, 1.82) is 0 Å². The summed E-state index contributed by atoms with van der Waals surface area (Å²) in [6.45, 7) is 6.40. The van der Waals surface area contributed by atoms with Gasteiger partial charge in [-0.15, -0.1) is 0 Å². The standard InChI is InChI=1S/C28H29FO3/c1-28(2,3)32-21-13-14-22-20(15-21)11-8-12-23(22)24-16-25(29)27(17-26(24)30-4)31-18-19-9-6-5-7-10-19/h5-7,9-10,12-17H,8,11,18H2,1-4H3. The van der Waals surface area contributed by atoms with Crippen molar-refractivity contribution in [3.8, 4) is 17.2 Å². The van der Waals surface area contributed by atoms with E-state index in [1.165, 1.54) is 11.6 Å². The lowest BCUT2D eigenvalue weighted by Crippen LogP contribution is -2.23.